The lowest BCUT2D eigenvalue weighted by Gasteiger charge is -2.11. The van der Waals surface area contributed by atoms with Crippen molar-refractivity contribution in [2.24, 2.45) is 0 Å². The predicted octanol–water partition coefficient (Wildman–Crippen LogP) is 0.889. The van der Waals surface area contributed by atoms with Crippen LogP contribution in [0.3, 0.4) is 0 Å². The van der Waals surface area contributed by atoms with Gasteiger partial charge < -0.3 is 15.2 Å². The zero-order valence-corrected chi connectivity index (χ0v) is 11.1. The van der Waals surface area contributed by atoms with E-state index in [0.29, 0.717) is 18.7 Å². The van der Waals surface area contributed by atoms with Crippen LogP contribution in [0, 0.1) is 0 Å². The fourth-order valence-corrected chi connectivity index (χ4v) is 2.36. The molecule has 1 aromatic rings. The summed E-state index contributed by atoms with van der Waals surface area (Å²) in [7, 11) is 0. The van der Waals surface area contributed by atoms with E-state index in [0.717, 1.165) is 11.0 Å². The Labute approximate surface area is 108 Å². The van der Waals surface area contributed by atoms with Crippen molar-refractivity contribution in [2.75, 3.05) is 6.54 Å². The summed E-state index contributed by atoms with van der Waals surface area (Å²) in [6.07, 6.45) is 2.23. The van der Waals surface area contributed by atoms with Crippen molar-refractivity contribution in [2.45, 2.75) is 25.9 Å². The molecule has 2 heterocycles. The van der Waals surface area contributed by atoms with E-state index in [1.807, 2.05) is 17.7 Å². The number of carbonyl (C=O) groups excluding carboxylic acids is 2. The lowest BCUT2D eigenvalue weighted by Crippen LogP contribution is -2.37. The molecular weight excluding hydrogens is 286 g/mol. The normalized spacial score (nSPS) is 19.2. The second-order valence-electron chi connectivity index (χ2n) is 4.01. The van der Waals surface area contributed by atoms with E-state index in [-0.39, 0.29) is 17.9 Å². The predicted molar refractivity (Wildman–Crippen MR) is 66.7 cm³/mol. The maximum absolute atomic E-state index is 12.0. The Morgan fingerprint density at radius 3 is 3.06 bits per heavy atom. The quantitative estimate of drug-likeness (QED) is 0.871. The number of carbonyl (C=O) groups is 2. The highest BCUT2D eigenvalue weighted by atomic mass is 79.9. The summed E-state index contributed by atoms with van der Waals surface area (Å²) in [6, 6.07) is 1.68. The summed E-state index contributed by atoms with van der Waals surface area (Å²) in [5, 5.41) is 5.54. The van der Waals surface area contributed by atoms with Gasteiger partial charge in [-0.25, -0.2) is 0 Å². The van der Waals surface area contributed by atoms with Crippen molar-refractivity contribution in [1.29, 1.82) is 0 Å². The fraction of sp³-hybridized carbons (Fsp3) is 0.455. The molecule has 0 aliphatic carbocycles. The molecule has 6 heteroatoms. The molecule has 0 saturated carbocycles. The van der Waals surface area contributed by atoms with E-state index in [2.05, 4.69) is 26.6 Å². The molecule has 2 N–H and O–H groups in total. The molecule has 1 saturated heterocycles. The van der Waals surface area contributed by atoms with Crippen molar-refractivity contribution < 1.29 is 9.59 Å². The van der Waals surface area contributed by atoms with Crippen molar-refractivity contribution >= 4 is 27.7 Å². The van der Waals surface area contributed by atoms with Gasteiger partial charge in [0, 0.05) is 30.2 Å². The molecule has 0 bridgehead atoms. The Kier molecular flexibility index (Phi) is 3.51. The Balaban J connectivity index is 2.06. The summed E-state index contributed by atoms with van der Waals surface area (Å²) >= 11 is 3.35. The van der Waals surface area contributed by atoms with Crippen LogP contribution in [0.1, 0.15) is 23.8 Å². The smallest absolute Gasteiger partial charge is 0.268 e. The Hall–Kier alpha value is -1.30. The van der Waals surface area contributed by atoms with Crippen LogP contribution in [0.15, 0.2) is 16.7 Å². The molecule has 1 aliphatic rings. The summed E-state index contributed by atoms with van der Waals surface area (Å²) in [5.74, 6) is -0.151. The average molecular weight is 300 g/mol. The first kappa shape index (κ1) is 12.2. The summed E-state index contributed by atoms with van der Waals surface area (Å²) in [5.41, 5.74) is 0.610. The van der Waals surface area contributed by atoms with Crippen molar-refractivity contribution in [1.82, 2.24) is 15.2 Å². The second kappa shape index (κ2) is 4.91. The standard InChI is InChI=1S/C11H14BrN3O2/c1-2-15-6-7(12)3-9(15)11(17)14-8-4-10(16)13-5-8/h3,6,8H,2,4-5H2,1H3,(H,13,16)(H,14,17). The van der Waals surface area contributed by atoms with Crippen molar-refractivity contribution in [3.8, 4) is 0 Å². The molecule has 92 valence electrons. The number of aryl methyl sites for hydroxylation is 1. The first-order chi connectivity index (χ1) is 8.10. The van der Waals surface area contributed by atoms with E-state index in [9.17, 15) is 9.59 Å². The third kappa shape index (κ3) is 2.69. The number of rotatable bonds is 3. The number of aromatic nitrogens is 1. The first-order valence-electron chi connectivity index (χ1n) is 5.53. The fourth-order valence-electron chi connectivity index (χ4n) is 1.89. The van der Waals surface area contributed by atoms with Gasteiger partial charge in [0.05, 0.1) is 6.04 Å². The highest BCUT2D eigenvalue weighted by molar-refractivity contribution is 9.10. The summed E-state index contributed by atoms with van der Waals surface area (Å²) < 4.78 is 2.74. The van der Waals surface area contributed by atoms with E-state index >= 15 is 0 Å². The number of hydrogen-bond acceptors (Lipinski definition) is 2. The highest BCUT2D eigenvalue weighted by Crippen LogP contribution is 2.15. The molecule has 17 heavy (non-hydrogen) atoms. The number of amides is 2. The molecule has 1 aromatic heterocycles. The van der Waals surface area contributed by atoms with Gasteiger partial charge in [0.25, 0.3) is 5.91 Å². The van der Waals surface area contributed by atoms with Crippen LogP contribution < -0.4 is 10.6 Å². The van der Waals surface area contributed by atoms with E-state index in [1.165, 1.54) is 0 Å². The van der Waals surface area contributed by atoms with Crippen LogP contribution in [0.5, 0.6) is 0 Å². The van der Waals surface area contributed by atoms with Crippen LogP contribution in [0.25, 0.3) is 0 Å². The molecule has 5 nitrogen and oxygen atoms in total. The molecule has 1 unspecified atom stereocenters. The number of nitrogens with one attached hydrogen (secondary N) is 2. The van der Waals surface area contributed by atoms with Crippen LogP contribution in [0.2, 0.25) is 0 Å². The molecule has 2 rings (SSSR count). The van der Waals surface area contributed by atoms with Gasteiger partial charge in [0.15, 0.2) is 0 Å². The van der Waals surface area contributed by atoms with Gasteiger partial charge in [-0.15, -0.1) is 0 Å². The zero-order chi connectivity index (χ0) is 12.4. The third-order valence-corrected chi connectivity index (χ3v) is 3.18. The van der Waals surface area contributed by atoms with Gasteiger partial charge in [-0.3, -0.25) is 9.59 Å². The first-order valence-corrected chi connectivity index (χ1v) is 6.32. The molecule has 0 spiro atoms. The minimum Gasteiger partial charge on any atom is -0.354 e. The lowest BCUT2D eigenvalue weighted by atomic mass is 10.2. The Morgan fingerprint density at radius 2 is 2.47 bits per heavy atom. The average Bonchev–Trinajstić information content (AvgIpc) is 2.84. The van der Waals surface area contributed by atoms with Crippen LogP contribution in [-0.2, 0) is 11.3 Å². The molecule has 1 atom stereocenters. The van der Waals surface area contributed by atoms with E-state index in [1.54, 1.807) is 6.07 Å². The maximum Gasteiger partial charge on any atom is 0.268 e. The van der Waals surface area contributed by atoms with E-state index < -0.39 is 0 Å². The van der Waals surface area contributed by atoms with E-state index in [4.69, 9.17) is 0 Å². The number of nitrogens with zero attached hydrogens (tertiary/aromatic N) is 1. The summed E-state index contributed by atoms with van der Waals surface area (Å²) in [6.45, 7) is 3.22. The van der Waals surface area contributed by atoms with Gasteiger partial charge in [-0.2, -0.15) is 0 Å². The highest BCUT2D eigenvalue weighted by Gasteiger charge is 2.24. The lowest BCUT2D eigenvalue weighted by molar-refractivity contribution is -0.119. The third-order valence-electron chi connectivity index (χ3n) is 2.75. The molecule has 1 fully saturated rings. The zero-order valence-electron chi connectivity index (χ0n) is 9.50. The second-order valence-corrected chi connectivity index (χ2v) is 4.92. The summed E-state index contributed by atoms with van der Waals surface area (Å²) in [4.78, 5) is 23.0. The number of halogens is 1. The minimum atomic E-state index is -0.140. The van der Waals surface area contributed by atoms with Gasteiger partial charge in [0.1, 0.15) is 5.69 Å². The topological polar surface area (TPSA) is 63.1 Å². The Morgan fingerprint density at radius 1 is 1.71 bits per heavy atom. The van der Waals surface area contributed by atoms with Gasteiger partial charge in [-0.05, 0) is 28.9 Å². The number of hydrogen-bond donors (Lipinski definition) is 2. The SMILES string of the molecule is CCn1cc(Br)cc1C(=O)NC1CNC(=O)C1. The van der Waals surface area contributed by atoms with Crippen molar-refractivity contribution in [3.05, 3.63) is 22.4 Å². The van der Waals surface area contributed by atoms with Crippen LogP contribution >= 0.6 is 15.9 Å². The minimum absolute atomic E-state index is 0.0117. The molecular formula is C11H14BrN3O2. The van der Waals surface area contributed by atoms with Crippen LogP contribution in [0.4, 0.5) is 0 Å². The molecule has 1 aliphatic heterocycles. The molecule has 0 aromatic carbocycles. The Bertz CT molecular complexity index is 456. The van der Waals surface area contributed by atoms with Gasteiger partial charge in [-0.1, -0.05) is 0 Å². The molecule has 2 amide bonds. The maximum atomic E-state index is 12.0. The van der Waals surface area contributed by atoms with Crippen LogP contribution in [-0.4, -0.2) is 29.0 Å². The largest absolute Gasteiger partial charge is 0.354 e. The molecule has 0 radical (unpaired) electrons. The van der Waals surface area contributed by atoms with Crippen molar-refractivity contribution in [3.63, 3.8) is 0 Å². The monoisotopic (exact) mass is 299 g/mol. The van der Waals surface area contributed by atoms with Gasteiger partial charge >= 0.3 is 0 Å². The van der Waals surface area contributed by atoms with Gasteiger partial charge in [0.2, 0.25) is 5.91 Å².